The van der Waals surface area contributed by atoms with Crippen LogP contribution < -0.4 is 5.56 Å². The number of carboxylic acid groups (broad SMARTS) is 1. The Balaban J connectivity index is 2.70. The number of carbonyl (C=O) groups is 1. The van der Waals surface area contributed by atoms with E-state index in [0.29, 0.717) is 5.56 Å². The first kappa shape index (κ1) is 14.3. The third kappa shape index (κ3) is 2.33. The fraction of sp³-hybridized carbons (Fsp3) is 0.375. The van der Waals surface area contributed by atoms with Crippen molar-refractivity contribution in [2.75, 3.05) is 0 Å². The van der Waals surface area contributed by atoms with Gasteiger partial charge in [0, 0.05) is 18.0 Å². The predicted octanol–water partition coefficient (Wildman–Crippen LogP) is 2.42. The Hall–Kier alpha value is -2.10. The van der Waals surface area contributed by atoms with Crippen LogP contribution in [0.15, 0.2) is 23.0 Å². The summed E-state index contributed by atoms with van der Waals surface area (Å²) in [4.78, 5) is 23.4. The second-order valence-electron chi connectivity index (χ2n) is 5.44. The third-order valence-corrected chi connectivity index (χ3v) is 3.82. The Morgan fingerprint density at radius 3 is 2.50 bits per heavy atom. The van der Waals surface area contributed by atoms with Crippen molar-refractivity contribution in [2.45, 2.75) is 27.2 Å². The molecule has 0 aliphatic carbocycles. The molecule has 0 spiro atoms. The summed E-state index contributed by atoms with van der Waals surface area (Å²) in [5.41, 5.74) is 3.50. The molecule has 106 valence electrons. The molecule has 1 unspecified atom stereocenters. The number of aryl methyl sites for hydroxylation is 3. The highest BCUT2D eigenvalue weighted by Crippen LogP contribution is 2.22. The zero-order chi connectivity index (χ0) is 15.0. The molecule has 0 aliphatic rings. The number of pyridine rings is 1. The van der Waals surface area contributed by atoms with E-state index in [1.807, 2.05) is 32.0 Å². The lowest BCUT2D eigenvalue weighted by atomic mass is 9.98. The normalized spacial score (nSPS) is 12.6. The van der Waals surface area contributed by atoms with Gasteiger partial charge < -0.3 is 9.67 Å². The summed E-state index contributed by atoms with van der Waals surface area (Å²) in [5.74, 6) is -1.45. The van der Waals surface area contributed by atoms with Crippen molar-refractivity contribution in [2.24, 2.45) is 13.0 Å². The number of aliphatic carboxylic acids is 1. The molecule has 0 fully saturated rings. The number of carboxylic acids is 1. The third-order valence-electron chi connectivity index (χ3n) is 3.82. The molecule has 20 heavy (non-hydrogen) atoms. The lowest BCUT2D eigenvalue weighted by Gasteiger charge is -2.14. The van der Waals surface area contributed by atoms with E-state index < -0.39 is 11.9 Å². The fourth-order valence-corrected chi connectivity index (χ4v) is 2.56. The van der Waals surface area contributed by atoms with Crippen LogP contribution in [0.1, 0.15) is 23.6 Å². The van der Waals surface area contributed by atoms with E-state index in [9.17, 15) is 9.59 Å². The fourth-order valence-electron chi connectivity index (χ4n) is 2.56. The Labute approximate surface area is 117 Å². The molecular weight excluding hydrogens is 254 g/mol. The zero-order valence-corrected chi connectivity index (χ0v) is 12.2. The van der Waals surface area contributed by atoms with Crippen molar-refractivity contribution in [3.63, 3.8) is 0 Å². The lowest BCUT2D eigenvalue weighted by Crippen LogP contribution is -2.25. The van der Waals surface area contributed by atoms with Gasteiger partial charge in [0.15, 0.2) is 0 Å². The minimum absolute atomic E-state index is 0.112. The largest absolute Gasteiger partial charge is 0.481 e. The SMILES string of the molecule is Cc1ccc(C)c2c1cc(CC(C)C(=O)O)c(=O)n2C. The van der Waals surface area contributed by atoms with E-state index in [1.165, 1.54) is 0 Å². The van der Waals surface area contributed by atoms with Crippen LogP contribution in [0, 0.1) is 19.8 Å². The summed E-state index contributed by atoms with van der Waals surface area (Å²) in [6, 6.07) is 5.86. The molecule has 0 amide bonds. The van der Waals surface area contributed by atoms with Gasteiger partial charge >= 0.3 is 5.97 Å². The number of benzene rings is 1. The molecule has 4 nitrogen and oxygen atoms in total. The molecule has 1 aromatic heterocycles. The number of hydrogen-bond acceptors (Lipinski definition) is 2. The van der Waals surface area contributed by atoms with Gasteiger partial charge in [-0.3, -0.25) is 9.59 Å². The van der Waals surface area contributed by atoms with E-state index in [2.05, 4.69) is 0 Å². The Morgan fingerprint density at radius 1 is 1.30 bits per heavy atom. The van der Waals surface area contributed by atoms with E-state index in [-0.39, 0.29) is 12.0 Å². The maximum absolute atomic E-state index is 12.4. The standard InChI is InChI=1S/C16H19NO3/c1-9-5-6-10(2)14-13(9)8-12(15(18)17(14)4)7-11(3)16(19)20/h5-6,8,11H,7H2,1-4H3,(H,19,20). The second-order valence-corrected chi connectivity index (χ2v) is 5.44. The van der Waals surface area contributed by atoms with Crippen molar-refractivity contribution in [3.05, 3.63) is 45.2 Å². The molecular formula is C16H19NO3. The van der Waals surface area contributed by atoms with Gasteiger partial charge in [0.25, 0.3) is 5.56 Å². The van der Waals surface area contributed by atoms with Crippen LogP contribution in [-0.4, -0.2) is 15.6 Å². The summed E-state index contributed by atoms with van der Waals surface area (Å²) >= 11 is 0. The molecule has 2 rings (SSSR count). The van der Waals surface area contributed by atoms with E-state index in [1.54, 1.807) is 18.5 Å². The van der Waals surface area contributed by atoms with Gasteiger partial charge in [0.1, 0.15) is 0 Å². The lowest BCUT2D eigenvalue weighted by molar-refractivity contribution is -0.141. The quantitative estimate of drug-likeness (QED) is 0.934. The summed E-state index contributed by atoms with van der Waals surface area (Å²) in [6.45, 7) is 5.59. The number of hydrogen-bond donors (Lipinski definition) is 1. The minimum Gasteiger partial charge on any atom is -0.481 e. The van der Waals surface area contributed by atoms with Gasteiger partial charge in [-0.1, -0.05) is 19.1 Å². The molecule has 1 N–H and O–H groups in total. The smallest absolute Gasteiger partial charge is 0.306 e. The molecule has 2 aromatic rings. The summed E-state index contributed by atoms with van der Waals surface area (Å²) in [5, 5.41) is 10.0. The zero-order valence-electron chi connectivity index (χ0n) is 12.2. The monoisotopic (exact) mass is 273 g/mol. The average molecular weight is 273 g/mol. The number of rotatable bonds is 3. The van der Waals surface area contributed by atoms with Crippen LogP contribution in [0.2, 0.25) is 0 Å². The van der Waals surface area contributed by atoms with E-state index >= 15 is 0 Å². The van der Waals surface area contributed by atoms with Crippen LogP contribution in [0.3, 0.4) is 0 Å². The Bertz CT molecular complexity index is 743. The van der Waals surface area contributed by atoms with Crippen molar-refractivity contribution >= 4 is 16.9 Å². The summed E-state index contributed by atoms with van der Waals surface area (Å²) < 4.78 is 1.63. The summed E-state index contributed by atoms with van der Waals surface area (Å²) in [7, 11) is 1.74. The first-order valence-corrected chi connectivity index (χ1v) is 6.64. The van der Waals surface area contributed by atoms with E-state index in [0.717, 1.165) is 22.0 Å². The highest BCUT2D eigenvalue weighted by Gasteiger charge is 2.16. The maximum Gasteiger partial charge on any atom is 0.306 e. The number of fused-ring (bicyclic) bond motifs is 1. The predicted molar refractivity (Wildman–Crippen MR) is 79.2 cm³/mol. The van der Waals surface area contributed by atoms with Crippen molar-refractivity contribution in [1.82, 2.24) is 4.57 Å². The molecule has 0 saturated carbocycles. The van der Waals surface area contributed by atoms with E-state index in [4.69, 9.17) is 5.11 Å². The molecule has 1 atom stereocenters. The first-order chi connectivity index (χ1) is 9.32. The highest BCUT2D eigenvalue weighted by molar-refractivity contribution is 5.86. The average Bonchev–Trinajstić information content (AvgIpc) is 2.39. The van der Waals surface area contributed by atoms with Crippen LogP contribution >= 0.6 is 0 Å². The number of nitrogens with zero attached hydrogens (tertiary/aromatic N) is 1. The molecule has 1 heterocycles. The van der Waals surface area contributed by atoms with Crippen LogP contribution in [0.4, 0.5) is 0 Å². The molecule has 0 radical (unpaired) electrons. The maximum atomic E-state index is 12.4. The minimum atomic E-state index is -0.881. The Kier molecular flexibility index (Phi) is 3.66. The van der Waals surface area contributed by atoms with Gasteiger partial charge in [-0.05, 0) is 37.5 Å². The molecule has 1 aromatic carbocycles. The van der Waals surface area contributed by atoms with Gasteiger partial charge in [0.05, 0.1) is 11.4 Å². The molecule has 0 aliphatic heterocycles. The molecule has 0 saturated heterocycles. The summed E-state index contributed by atoms with van der Waals surface area (Å²) in [6.07, 6.45) is 0.255. The van der Waals surface area contributed by atoms with Gasteiger partial charge in [-0.25, -0.2) is 0 Å². The first-order valence-electron chi connectivity index (χ1n) is 6.64. The Morgan fingerprint density at radius 2 is 1.90 bits per heavy atom. The van der Waals surface area contributed by atoms with Crippen molar-refractivity contribution < 1.29 is 9.90 Å². The number of aromatic nitrogens is 1. The van der Waals surface area contributed by atoms with Crippen molar-refractivity contribution in [1.29, 1.82) is 0 Å². The molecule has 0 bridgehead atoms. The van der Waals surface area contributed by atoms with Crippen LogP contribution in [-0.2, 0) is 18.3 Å². The van der Waals surface area contributed by atoms with Gasteiger partial charge in [-0.2, -0.15) is 0 Å². The van der Waals surface area contributed by atoms with Crippen LogP contribution in [0.5, 0.6) is 0 Å². The van der Waals surface area contributed by atoms with Gasteiger partial charge in [-0.15, -0.1) is 0 Å². The van der Waals surface area contributed by atoms with Crippen LogP contribution in [0.25, 0.3) is 10.9 Å². The topological polar surface area (TPSA) is 59.3 Å². The van der Waals surface area contributed by atoms with Gasteiger partial charge in [0.2, 0.25) is 0 Å². The molecule has 4 heteroatoms. The highest BCUT2D eigenvalue weighted by atomic mass is 16.4. The second kappa shape index (κ2) is 5.12. The van der Waals surface area contributed by atoms with Crippen molar-refractivity contribution in [3.8, 4) is 0 Å².